The Morgan fingerprint density at radius 3 is 2.17 bits per heavy atom. The van der Waals surface area contributed by atoms with Gasteiger partial charge < -0.3 is 15.5 Å². The summed E-state index contributed by atoms with van der Waals surface area (Å²) < 4.78 is 0. The number of amides is 3. The highest BCUT2D eigenvalue weighted by Gasteiger charge is 2.41. The molecule has 2 N–H and O–H groups in total. The maximum absolute atomic E-state index is 12.7. The van der Waals surface area contributed by atoms with Crippen LogP contribution in [-0.4, -0.2) is 35.0 Å². The number of hydrogen-bond donors (Lipinski definition) is 2. The van der Waals surface area contributed by atoms with E-state index in [0.29, 0.717) is 23.6 Å². The molecule has 1 unspecified atom stereocenters. The van der Waals surface area contributed by atoms with Crippen LogP contribution in [0.1, 0.15) is 56.8 Å². The molecule has 2 aliphatic rings. The summed E-state index contributed by atoms with van der Waals surface area (Å²) >= 11 is 0. The molecule has 2 aliphatic carbocycles. The fourth-order valence-corrected chi connectivity index (χ4v) is 3.08. The lowest BCUT2D eigenvalue weighted by Gasteiger charge is -2.29. The smallest absolute Gasteiger partial charge is 0.322 e. The summed E-state index contributed by atoms with van der Waals surface area (Å²) in [6.07, 6.45) is 4.69. The number of rotatable bonds is 6. The zero-order chi connectivity index (χ0) is 17.3. The lowest BCUT2D eigenvalue weighted by molar-refractivity contribution is 0.0943. The SMILES string of the molecule is CC(C)NC(=O)c1ccc(NC(=O)N(C2CC2)C(C)C2CC2)cc1. The first-order chi connectivity index (χ1) is 11.5. The quantitative estimate of drug-likeness (QED) is 0.837. The molecular weight excluding hydrogens is 302 g/mol. The van der Waals surface area contributed by atoms with Gasteiger partial charge in [0.25, 0.3) is 5.91 Å². The third kappa shape index (κ3) is 4.08. The molecule has 2 saturated carbocycles. The van der Waals surface area contributed by atoms with Crippen molar-refractivity contribution in [2.24, 2.45) is 5.92 Å². The molecule has 1 aromatic rings. The number of nitrogens with one attached hydrogen (secondary N) is 2. The van der Waals surface area contributed by atoms with E-state index in [1.807, 2.05) is 18.7 Å². The lowest BCUT2D eigenvalue weighted by Crippen LogP contribution is -2.44. The summed E-state index contributed by atoms with van der Waals surface area (Å²) in [5, 5.41) is 5.85. The first-order valence-corrected chi connectivity index (χ1v) is 8.96. The van der Waals surface area contributed by atoms with E-state index in [1.54, 1.807) is 24.3 Å². The molecule has 3 rings (SSSR count). The van der Waals surface area contributed by atoms with Crippen LogP contribution in [0.3, 0.4) is 0 Å². The van der Waals surface area contributed by atoms with Crippen molar-refractivity contribution in [2.45, 2.75) is 64.6 Å². The van der Waals surface area contributed by atoms with Gasteiger partial charge in [-0.2, -0.15) is 0 Å². The number of hydrogen-bond acceptors (Lipinski definition) is 2. The van der Waals surface area contributed by atoms with Gasteiger partial charge in [-0.05, 0) is 76.6 Å². The molecule has 0 heterocycles. The third-order valence-corrected chi connectivity index (χ3v) is 4.74. The van der Waals surface area contributed by atoms with Crippen LogP contribution in [0, 0.1) is 5.92 Å². The van der Waals surface area contributed by atoms with E-state index in [4.69, 9.17) is 0 Å². The van der Waals surface area contributed by atoms with E-state index in [9.17, 15) is 9.59 Å². The van der Waals surface area contributed by atoms with Crippen LogP contribution in [0.25, 0.3) is 0 Å². The molecule has 0 saturated heterocycles. The van der Waals surface area contributed by atoms with Crippen molar-refractivity contribution < 1.29 is 9.59 Å². The average molecular weight is 329 g/mol. The number of urea groups is 1. The molecule has 0 spiro atoms. The van der Waals surface area contributed by atoms with Crippen LogP contribution in [0.5, 0.6) is 0 Å². The van der Waals surface area contributed by atoms with Crippen molar-refractivity contribution in [3.05, 3.63) is 29.8 Å². The summed E-state index contributed by atoms with van der Waals surface area (Å²) in [5.74, 6) is 0.572. The fourth-order valence-electron chi connectivity index (χ4n) is 3.08. The zero-order valence-electron chi connectivity index (χ0n) is 14.7. The minimum atomic E-state index is -0.0927. The van der Waals surface area contributed by atoms with Gasteiger partial charge in [0.1, 0.15) is 0 Å². The first kappa shape index (κ1) is 16.8. The summed E-state index contributed by atoms with van der Waals surface area (Å²) in [7, 11) is 0. The van der Waals surface area contributed by atoms with Gasteiger partial charge in [0.2, 0.25) is 0 Å². The van der Waals surface area contributed by atoms with Crippen molar-refractivity contribution in [1.82, 2.24) is 10.2 Å². The minimum Gasteiger partial charge on any atom is -0.350 e. The van der Waals surface area contributed by atoms with Crippen molar-refractivity contribution >= 4 is 17.6 Å². The van der Waals surface area contributed by atoms with Gasteiger partial charge in [0.05, 0.1) is 0 Å². The molecular formula is C19H27N3O2. The topological polar surface area (TPSA) is 61.4 Å². The normalized spacial score (nSPS) is 18.2. The minimum absolute atomic E-state index is 0.0173. The summed E-state index contributed by atoms with van der Waals surface area (Å²) in [6.45, 7) is 6.02. The van der Waals surface area contributed by atoms with E-state index in [1.165, 1.54) is 12.8 Å². The molecule has 1 atom stereocenters. The average Bonchev–Trinajstić information content (AvgIpc) is 3.39. The Bertz CT molecular complexity index is 604. The molecule has 0 aliphatic heterocycles. The molecule has 24 heavy (non-hydrogen) atoms. The summed E-state index contributed by atoms with van der Waals surface area (Å²) in [4.78, 5) is 26.7. The van der Waals surface area contributed by atoms with Gasteiger partial charge in [-0.25, -0.2) is 4.79 Å². The van der Waals surface area contributed by atoms with E-state index in [0.717, 1.165) is 18.5 Å². The van der Waals surface area contributed by atoms with Crippen molar-refractivity contribution in [3.8, 4) is 0 Å². The van der Waals surface area contributed by atoms with Crippen LogP contribution >= 0.6 is 0 Å². The number of carbonyl (C=O) groups excluding carboxylic acids is 2. The second-order valence-corrected chi connectivity index (χ2v) is 7.35. The predicted molar refractivity (Wildman–Crippen MR) is 95.1 cm³/mol. The summed E-state index contributed by atoms with van der Waals surface area (Å²) in [6, 6.07) is 7.88. The van der Waals surface area contributed by atoms with E-state index < -0.39 is 0 Å². The van der Waals surface area contributed by atoms with Gasteiger partial charge in [0, 0.05) is 29.4 Å². The highest BCUT2D eigenvalue weighted by molar-refractivity contribution is 5.95. The monoisotopic (exact) mass is 329 g/mol. The second kappa shape index (κ2) is 6.83. The Kier molecular flexibility index (Phi) is 4.78. The Labute approximate surface area is 143 Å². The van der Waals surface area contributed by atoms with Gasteiger partial charge in [0.15, 0.2) is 0 Å². The van der Waals surface area contributed by atoms with E-state index in [2.05, 4.69) is 17.6 Å². The molecule has 0 bridgehead atoms. The van der Waals surface area contributed by atoms with Gasteiger partial charge >= 0.3 is 6.03 Å². The molecule has 130 valence electrons. The van der Waals surface area contributed by atoms with Crippen molar-refractivity contribution in [1.29, 1.82) is 0 Å². The van der Waals surface area contributed by atoms with Gasteiger partial charge in [-0.1, -0.05) is 0 Å². The third-order valence-electron chi connectivity index (χ3n) is 4.74. The van der Waals surface area contributed by atoms with Crippen LogP contribution in [0.15, 0.2) is 24.3 Å². The largest absolute Gasteiger partial charge is 0.350 e. The van der Waals surface area contributed by atoms with Crippen LogP contribution < -0.4 is 10.6 Å². The number of nitrogens with zero attached hydrogens (tertiary/aromatic N) is 1. The molecule has 5 nitrogen and oxygen atoms in total. The van der Waals surface area contributed by atoms with Gasteiger partial charge in [-0.3, -0.25) is 4.79 Å². The van der Waals surface area contributed by atoms with E-state index in [-0.39, 0.29) is 18.0 Å². The molecule has 1 aromatic carbocycles. The molecule has 0 radical (unpaired) electrons. The Hall–Kier alpha value is -2.04. The zero-order valence-corrected chi connectivity index (χ0v) is 14.7. The standard InChI is InChI=1S/C19H27N3O2/c1-12(2)20-18(23)15-6-8-16(9-7-15)21-19(24)22(17-10-11-17)13(3)14-4-5-14/h6-9,12-14,17H,4-5,10-11H2,1-3H3,(H,20,23)(H,21,24). The van der Waals surface area contributed by atoms with Crippen LogP contribution in [0.4, 0.5) is 10.5 Å². The van der Waals surface area contributed by atoms with Gasteiger partial charge in [-0.15, -0.1) is 0 Å². The van der Waals surface area contributed by atoms with Crippen LogP contribution in [-0.2, 0) is 0 Å². The predicted octanol–water partition coefficient (Wildman–Crippen LogP) is 3.62. The first-order valence-electron chi connectivity index (χ1n) is 8.96. The highest BCUT2D eigenvalue weighted by atomic mass is 16.2. The molecule has 2 fully saturated rings. The van der Waals surface area contributed by atoms with Crippen LogP contribution in [0.2, 0.25) is 0 Å². The molecule has 5 heteroatoms. The Morgan fingerprint density at radius 1 is 1.04 bits per heavy atom. The lowest BCUT2D eigenvalue weighted by atomic mass is 10.1. The maximum Gasteiger partial charge on any atom is 0.322 e. The van der Waals surface area contributed by atoms with Crippen molar-refractivity contribution in [2.75, 3.05) is 5.32 Å². The van der Waals surface area contributed by atoms with E-state index >= 15 is 0 Å². The molecule has 3 amide bonds. The highest BCUT2D eigenvalue weighted by Crippen LogP contribution is 2.39. The van der Waals surface area contributed by atoms with Crippen molar-refractivity contribution in [3.63, 3.8) is 0 Å². The second-order valence-electron chi connectivity index (χ2n) is 7.35. The Balaban J connectivity index is 1.62. The number of benzene rings is 1. The Morgan fingerprint density at radius 2 is 1.67 bits per heavy atom. The molecule has 0 aromatic heterocycles. The summed E-state index contributed by atoms with van der Waals surface area (Å²) in [5.41, 5.74) is 1.34. The maximum atomic E-state index is 12.7. The number of anilines is 1. The number of carbonyl (C=O) groups is 2. The fraction of sp³-hybridized carbons (Fsp3) is 0.579.